The highest BCUT2D eigenvalue weighted by atomic mass is 32.4. The molecule has 1 aromatic rings. The Hall–Kier alpha value is -0.990. The molecule has 18 heavy (non-hydrogen) atoms. The Kier molecular flexibility index (Phi) is 4.46. The minimum absolute atomic E-state index is 0.0385. The second-order valence-electron chi connectivity index (χ2n) is 3.43. The van der Waals surface area contributed by atoms with E-state index in [1.165, 1.54) is 12.1 Å². The molecule has 0 radical (unpaired) electrons. The van der Waals surface area contributed by atoms with Crippen molar-refractivity contribution in [1.82, 2.24) is 9.81 Å². The van der Waals surface area contributed by atoms with E-state index < -0.39 is 22.6 Å². The van der Waals surface area contributed by atoms with Gasteiger partial charge in [-0.25, -0.2) is 17.9 Å². The molecule has 0 aliphatic rings. The number of carbonyl (C=O) groups excluding carboxylic acids is 1. The minimum Gasteiger partial charge on any atom is -0.339 e. The number of carbonyl (C=O) groups is 1. The van der Waals surface area contributed by atoms with Crippen LogP contribution in [0.3, 0.4) is 0 Å². The van der Waals surface area contributed by atoms with Gasteiger partial charge in [-0.3, -0.25) is 10.6 Å². The van der Waals surface area contributed by atoms with E-state index >= 15 is 0 Å². The second-order valence-corrected chi connectivity index (χ2v) is 8.23. The quantitative estimate of drug-likeness (QED) is 0.590. The van der Waals surface area contributed by atoms with Gasteiger partial charge in [-0.05, 0) is 30.4 Å². The molecule has 1 aromatic carbocycles. The van der Waals surface area contributed by atoms with Crippen LogP contribution in [0.1, 0.15) is 5.56 Å². The highest BCUT2D eigenvalue weighted by Gasteiger charge is 2.21. The molecule has 0 saturated carbocycles. The maximum absolute atomic E-state index is 11.8. The Morgan fingerprint density at radius 2 is 2.00 bits per heavy atom. The number of amides is 2. The van der Waals surface area contributed by atoms with Gasteiger partial charge < -0.3 is 4.89 Å². The fourth-order valence-electron chi connectivity index (χ4n) is 1.20. The van der Waals surface area contributed by atoms with Gasteiger partial charge in [-0.1, -0.05) is 18.2 Å². The van der Waals surface area contributed by atoms with Gasteiger partial charge in [0.15, 0.2) is 0 Å². The Morgan fingerprint density at radius 3 is 2.50 bits per heavy atom. The molecule has 1 atom stereocenters. The zero-order chi connectivity index (χ0) is 14.0. The largest absolute Gasteiger partial charge is 0.339 e. The summed E-state index contributed by atoms with van der Waals surface area (Å²) in [5.41, 5.74) is 5.52. The van der Waals surface area contributed by atoms with Gasteiger partial charge in [0.05, 0.1) is 4.90 Å². The number of hydrogen-bond acceptors (Lipinski definition) is 4. The van der Waals surface area contributed by atoms with E-state index in [1.807, 2.05) is 0 Å². The number of urea groups is 1. The fourth-order valence-corrected chi connectivity index (χ4v) is 3.03. The number of nitrogens with two attached hydrogens (primary N) is 1. The summed E-state index contributed by atoms with van der Waals surface area (Å²) >= 11 is 4.37. The normalized spacial score (nSPS) is 14.6. The van der Waals surface area contributed by atoms with Crippen LogP contribution in [0.5, 0.6) is 0 Å². The lowest BCUT2D eigenvalue weighted by atomic mass is 10.2. The zero-order valence-electron chi connectivity index (χ0n) is 9.32. The molecule has 1 unspecified atom stereocenters. The van der Waals surface area contributed by atoms with Crippen LogP contribution in [-0.4, -0.2) is 19.3 Å². The molecular weight excluding hydrogens is 297 g/mol. The summed E-state index contributed by atoms with van der Waals surface area (Å²) in [6.45, 7) is -1.92. The molecule has 10 heteroatoms. The Labute approximate surface area is 110 Å². The van der Waals surface area contributed by atoms with Crippen molar-refractivity contribution >= 4 is 34.4 Å². The molecule has 2 amide bonds. The first-order valence-corrected chi connectivity index (χ1v) is 8.94. The summed E-state index contributed by atoms with van der Waals surface area (Å²) in [4.78, 5) is 20.3. The molecule has 1 rings (SSSR count). The number of nitrogens with one attached hydrogen (secondary N) is 2. The van der Waals surface area contributed by atoms with Crippen molar-refractivity contribution in [2.75, 3.05) is 0 Å². The van der Waals surface area contributed by atoms with E-state index in [0.717, 1.165) is 0 Å². The average molecular weight is 309 g/mol. The lowest BCUT2D eigenvalue weighted by Gasteiger charge is -2.13. The SMILES string of the molecule is Cc1ccccc1S(=O)(=O)NC(=O)NP(N)(O)=S. The summed E-state index contributed by atoms with van der Waals surface area (Å²) < 4.78 is 25.4. The number of sulfonamides is 1. The highest BCUT2D eigenvalue weighted by Crippen LogP contribution is 2.23. The number of rotatable bonds is 3. The van der Waals surface area contributed by atoms with Crippen molar-refractivity contribution in [2.24, 2.45) is 5.50 Å². The Balaban J connectivity index is 2.94. The van der Waals surface area contributed by atoms with Gasteiger partial charge in [0, 0.05) is 0 Å². The van der Waals surface area contributed by atoms with Gasteiger partial charge in [-0.2, -0.15) is 0 Å². The van der Waals surface area contributed by atoms with Gasteiger partial charge in [0.2, 0.25) is 6.57 Å². The second kappa shape index (κ2) is 5.33. The van der Waals surface area contributed by atoms with Crippen LogP contribution in [0.25, 0.3) is 0 Å². The van der Waals surface area contributed by atoms with E-state index in [4.69, 9.17) is 10.4 Å². The summed E-state index contributed by atoms with van der Waals surface area (Å²) in [5.74, 6) is 0. The van der Waals surface area contributed by atoms with Crippen LogP contribution in [0.4, 0.5) is 4.79 Å². The molecule has 0 heterocycles. The molecule has 0 bridgehead atoms. The van der Waals surface area contributed by atoms with Crippen LogP contribution in [-0.2, 0) is 21.8 Å². The van der Waals surface area contributed by atoms with Crippen LogP contribution in [0, 0.1) is 6.92 Å². The summed E-state index contributed by atoms with van der Waals surface area (Å²) in [6.07, 6.45) is 0. The van der Waals surface area contributed by atoms with Crippen LogP contribution < -0.4 is 15.3 Å². The molecule has 100 valence electrons. The predicted molar refractivity (Wildman–Crippen MR) is 70.7 cm³/mol. The smallest absolute Gasteiger partial charge is 0.335 e. The van der Waals surface area contributed by atoms with Crippen LogP contribution >= 0.6 is 6.57 Å². The maximum atomic E-state index is 11.8. The molecule has 0 fully saturated rings. The first kappa shape index (κ1) is 15.1. The fraction of sp³-hybridized carbons (Fsp3) is 0.125. The van der Waals surface area contributed by atoms with Gasteiger partial charge in [0.25, 0.3) is 10.0 Å². The van der Waals surface area contributed by atoms with Crippen LogP contribution in [0.15, 0.2) is 29.2 Å². The van der Waals surface area contributed by atoms with E-state index in [1.54, 1.807) is 28.9 Å². The van der Waals surface area contributed by atoms with Gasteiger partial charge >= 0.3 is 6.03 Å². The predicted octanol–water partition coefficient (Wildman–Crippen LogP) is 0.158. The number of benzene rings is 1. The molecule has 0 aliphatic heterocycles. The van der Waals surface area contributed by atoms with Crippen molar-refractivity contribution in [1.29, 1.82) is 0 Å². The van der Waals surface area contributed by atoms with Crippen molar-refractivity contribution in [3.8, 4) is 0 Å². The summed E-state index contributed by atoms with van der Waals surface area (Å²) in [6, 6.07) is 4.97. The van der Waals surface area contributed by atoms with E-state index in [9.17, 15) is 13.2 Å². The first-order chi connectivity index (χ1) is 8.12. The number of aryl methyl sites for hydroxylation is 1. The molecule has 0 aliphatic carbocycles. The average Bonchev–Trinajstić information content (AvgIpc) is 2.13. The molecular formula is C8H12N3O4PS2. The lowest BCUT2D eigenvalue weighted by molar-refractivity contribution is 0.250. The van der Waals surface area contributed by atoms with Crippen LogP contribution in [0.2, 0.25) is 0 Å². The third kappa shape index (κ3) is 4.35. The summed E-state index contributed by atoms with van der Waals surface area (Å²) in [5, 5.41) is 1.79. The molecule has 0 saturated heterocycles. The van der Waals surface area contributed by atoms with E-state index in [0.29, 0.717) is 5.56 Å². The topological polar surface area (TPSA) is 122 Å². The number of hydrogen-bond donors (Lipinski definition) is 4. The van der Waals surface area contributed by atoms with Crippen molar-refractivity contribution in [3.63, 3.8) is 0 Å². The maximum Gasteiger partial charge on any atom is 0.335 e. The summed E-state index contributed by atoms with van der Waals surface area (Å²) in [7, 11) is -4.02. The Morgan fingerprint density at radius 1 is 1.44 bits per heavy atom. The van der Waals surface area contributed by atoms with Gasteiger partial charge in [-0.15, -0.1) is 0 Å². The zero-order valence-corrected chi connectivity index (χ0v) is 11.8. The van der Waals surface area contributed by atoms with Crippen molar-refractivity contribution in [3.05, 3.63) is 29.8 Å². The third-order valence-corrected chi connectivity index (χ3v) is 4.16. The van der Waals surface area contributed by atoms with Crippen molar-refractivity contribution in [2.45, 2.75) is 11.8 Å². The molecule has 0 spiro atoms. The highest BCUT2D eigenvalue weighted by molar-refractivity contribution is 8.10. The standard InChI is InChI=1S/C8H12N3O4PS2/c1-6-4-2-3-5-7(6)18(14,15)11-8(12)10-16(9,13)17/h2-5H,1H3,(H5,9,10,11,12,13,17). The monoisotopic (exact) mass is 309 g/mol. The van der Waals surface area contributed by atoms with Gasteiger partial charge in [0.1, 0.15) is 0 Å². The molecule has 0 aromatic heterocycles. The minimum atomic E-state index is -4.02. The Bertz CT molecular complexity index is 611. The van der Waals surface area contributed by atoms with E-state index in [2.05, 4.69) is 11.8 Å². The molecule has 5 N–H and O–H groups in total. The van der Waals surface area contributed by atoms with Crippen molar-refractivity contribution < 1.29 is 18.1 Å². The lowest BCUT2D eigenvalue weighted by Crippen LogP contribution is -2.39. The first-order valence-electron chi connectivity index (χ1n) is 4.64. The molecule has 7 nitrogen and oxygen atoms in total. The van der Waals surface area contributed by atoms with E-state index in [-0.39, 0.29) is 4.90 Å². The third-order valence-electron chi connectivity index (χ3n) is 1.87.